The Morgan fingerprint density at radius 1 is 1.47 bits per heavy atom. The summed E-state index contributed by atoms with van der Waals surface area (Å²) in [5, 5.41) is 1.03. The number of halogens is 2. The lowest BCUT2D eigenvalue weighted by atomic mass is 9.97. The quantitative estimate of drug-likeness (QED) is 0.894. The third-order valence-corrected chi connectivity index (χ3v) is 3.31. The molecule has 0 amide bonds. The number of pyridine rings is 1. The van der Waals surface area contributed by atoms with Crippen molar-refractivity contribution in [1.82, 2.24) is 4.98 Å². The van der Waals surface area contributed by atoms with Gasteiger partial charge in [0, 0.05) is 19.3 Å². The van der Waals surface area contributed by atoms with Gasteiger partial charge in [0.1, 0.15) is 0 Å². The molecule has 96 valence electrons. The van der Waals surface area contributed by atoms with Gasteiger partial charge in [-0.3, -0.25) is 4.98 Å². The highest BCUT2D eigenvalue weighted by Crippen LogP contribution is 2.27. The van der Waals surface area contributed by atoms with Gasteiger partial charge in [-0.25, -0.2) is 0 Å². The molecule has 1 atom stereocenters. The summed E-state index contributed by atoms with van der Waals surface area (Å²) >= 11 is 11.8. The second kappa shape index (κ2) is 6.01. The largest absolute Gasteiger partial charge is 0.379 e. The summed E-state index contributed by atoms with van der Waals surface area (Å²) in [5.74, 6) is 0. The van der Waals surface area contributed by atoms with Gasteiger partial charge in [-0.1, -0.05) is 23.2 Å². The van der Waals surface area contributed by atoms with Gasteiger partial charge in [-0.05, 0) is 32.8 Å². The fourth-order valence-corrected chi connectivity index (χ4v) is 1.96. The van der Waals surface area contributed by atoms with Crippen LogP contribution in [-0.2, 0) is 4.74 Å². The van der Waals surface area contributed by atoms with Crippen LogP contribution in [0.5, 0.6) is 0 Å². The van der Waals surface area contributed by atoms with Crippen molar-refractivity contribution in [2.75, 3.05) is 7.11 Å². The topological polar surface area (TPSA) is 48.1 Å². The van der Waals surface area contributed by atoms with Crippen molar-refractivity contribution in [3.05, 3.63) is 28.0 Å². The average molecular weight is 277 g/mol. The van der Waals surface area contributed by atoms with E-state index in [4.69, 9.17) is 33.7 Å². The lowest BCUT2D eigenvalue weighted by Crippen LogP contribution is -2.25. The van der Waals surface area contributed by atoms with Crippen LogP contribution in [0.2, 0.25) is 10.0 Å². The van der Waals surface area contributed by atoms with Crippen LogP contribution >= 0.6 is 23.2 Å². The first kappa shape index (κ1) is 14.7. The van der Waals surface area contributed by atoms with Crippen molar-refractivity contribution in [2.45, 2.75) is 38.3 Å². The number of nitrogens with zero attached hydrogens (tertiary/aromatic N) is 1. The normalized spacial score (nSPS) is 13.8. The molecule has 0 saturated heterocycles. The van der Waals surface area contributed by atoms with E-state index in [0.717, 1.165) is 12.8 Å². The minimum Gasteiger partial charge on any atom is -0.379 e. The predicted molar refractivity (Wildman–Crippen MR) is 71.5 cm³/mol. The van der Waals surface area contributed by atoms with Crippen LogP contribution in [0.25, 0.3) is 0 Å². The molecule has 1 aromatic rings. The van der Waals surface area contributed by atoms with E-state index in [-0.39, 0.29) is 11.6 Å². The third kappa shape index (κ3) is 4.43. The standard InChI is InChI=1S/C12H18Cl2N2O/c1-12(2,17-3)5-4-10(15)11-9(14)6-8(13)7-16-11/h6-7,10H,4-5,15H2,1-3H3. The predicted octanol–water partition coefficient (Wildman–Crippen LogP) is 3.59. The number of rotatable bonds is 5. The van der Waals surface area contributed by atoms with Crippen molar-refractivity contribution in [2.24, 2.45) is 5.73 Å². The molecule has 1 aromatic heterocycles. The Kier molecular flexibility index (Phi) is 5.20. The molecule has 0 spiro atoms. The molecule has 1 unspecified atom stereocenters. The van der Waals surface area contributed by atoms with Gasteiger partial charge >= 0.3 is 0 Å². The van der Waals surface area contributed by atoms with E-state index in [2.05, 4.69) is 4.98 Å². The summed E-state index contributed by atoms with van der Waals surface area (Å²) < 4.78 is 5.34. The minimum atomic E-state index is -0.200. The fourth-order valence-electron chi connectivity index (χ4n) is 1.44. The van der Waals surface area contributed by atoms with Gasteiger partial charge in [-0.15, -0.1) is 0 Å². The number of hydrogen-bond donors (Lipinski definition) is 1. The Hall–Kier alpha value is -0.350. The van der Waals surface area contributed by atoms with Gasteiger partial charge in [0.2, 0.25) is 0 Å². The number of hydrogen-bond acceptors (Lipinski definition) is 3. The summed E-state index contributed by atoms with van der Waals surface area (Å²) in [4.78, 5) is 4.17. The maximum atomic E-state index is 6.06. The number of nitrogens with two attached hydrogens (primary N) is 1. The lowest BCUT2D eigenvalue weighted by molar-refractivity contribution is 0.0124. The van der Waals surface area contributed by atoms with Crippen LogP contribution in [0.15, 0.2) is 12.3 Å². The van der Waals surface area contributed by atoms with E-state index in [9.17, 15) is 0 Å². The van der Waals surface area contributed by atoms with Crippen LogP contribution in [-0.4, -0.2) is 17.7 Å². The van der Waals surface area contributed by atoms with E-state index < -0.39 is 0 Å². The van der Waals surface area contributed by atoms with Crippen molar-refractivity contribution < 1.29 is 4.74 Å². The van der Waals surface area contributed by atoms with Gasteiger partial charge in [0.25, 0.3) is 0 Å². The Morgan fingerprint density at radius 3 is 2.65 bits per heavy atom. The van der Waals surface area contributed by atoms with Gasteiger partial charge < -0.3 is 10.5 Å². The molecule has 0 saturated carbocycles. The fraction of sp³-hybridized carbons (Fsp3) is 0.583. The van der Waals surface area contributed by atoms with Crippen LogP contribution < -0.4 is 5.73 Å². The van der Waals surface area contributed by atoms with Gasteiger partial charge in [0.05, 0.1) is 21.3 Å². The summed E-state index contributed by atoms with van der Waals surface area (Å²) in [6, 6.07) is 1.46. The second-order valence-corrected chi connectivity index (χ2v) is 5.47. The first-order chi connectivity index (χ1) is 7.85. The molecule has 0 aliphatic carbocycles. The first-order valence-electron chi connectivity index (χ1n) is 5.47. The maximum absolute atomic E-state index is 6.06. The molecule has 0 aliphatic heterocycles. The van der Waals surface area contributed by atoms with E-state index in [0.29, 0.717) is 15.7 Å². The van der Waals surface area contributed by atoms with E-state index in [1.807, 2.05) is 13.8 Å². The molecule has 0 aromatic carbocycles. The zero-order valence-corrected chi connectivity index (χ0v) is 11.8. The second-order valence-electron chi connectivity index (χ2n) is 4.63. The highest BCUT2D eigenvalue weighted by atomic mass is 35.5. The monoisotopic (exact) mass is 276 g/mol. The zero-order chi connectivity index (χ0) is 13.1. The summed E-state index contributed by atoms with van der Waals surface area (Å²) in [7, 11) is 1.69. The molecule has 0 aliphatic rings. The van der Waals surface area contributed by atoms with Crippen molar-refractivity contribution in [3.8, 4) is 0 Å². The molecule has 5 heteroatoms. The SMILES string of the molecule is COC(C)(C)CCC(N)c1ncc(Cl)cc1Cl. The summed E-state index contributed by atoms with van der Waals surface area (Å²) in [5.41, 5.74) is 6.56. The van der Waals surface area contributed by atoms with Crippen molar-refractivity contribution >= 4 is 23.2 Å². The van der Waals surface area contributed by atoms with E-state index >= 15 is 0 Å². The Balaban J connectivity index is 2.67. The van der Waals surface area contributed by atoms with Crippen LogP contribution in [0.3, 0.4) is 0 Å². The highest BCUT2D eigenvalue weighted by Gasteiger charge is 2.20. The van der Waals surface area contributed by atoms with E-state index in [1.165, 1.54) is 0 Å². The van der Waals surface area contributed by atoms with Crippen LogP contribution in [0, 0.1) is 0 Å². The molecule has 0 fully saturated rings. The molecule has 0 radical (unpaired) electrons. The number of aromatic nitrogens is 1. The lowest BCUT2D eigenvalue weighted by Gasteiger charge is -2.24. The highest BCUT2D eigenvalue weighted by molar-refractivity contribution is 6.34. The minimum absolute atomic E-state index is 0.184. The molecular formula is C12H18Cl2N2O. The molecule has 0 bridgehead atoms. The van der Waals surface area contributed by atoms with E-state index in [1.54, 1.807) is 19.4 Å². The number of ether oxygens (including phenoxy) is 1. The Bertz CT molecular complexity index is 383. The first-order valence-corrected chi connectivity index (χ1v) is 6.23. The maximum Gasteiger partial charge on any atom is 0.0757 e. The molecule has 1 heterocycles. The van der Waals surface area contributed by atoms with Gasteiger partial charge in [-0.2, -0.15) is 0 Å². The number of methoxy groups -OCH3 is 1. The van der Waals surface area contributed by atoms with Crippen molar-refractivity contribution in [3.63, 3.8) is 0 Å². The Morgan fingerprint density at radius 2 is 2.12 bits per heavy atom. The zero-order valence-electron chi connectivity index (χ0n) is 10.3. The molecule has 1 rings (SSSR count). The average Bonchev–Trinajstić information content (AvgIpc) is 2.26. The summed E-state index contributed by atoms with van der Waals surface area (Å²) in [6.45, 7) is 4.05. The molecule has 3 nitrogen and oxygen atoms in total. The Labute approximate surface area is 112 Å². The third-order valence-electron chi connectivity index (χ3n) is 2.80. The molecule has 17 heavy (non-hydrogen) atoms. The van der Waals surface area contributed by atoms with Gasteiger partial charge in [0.15, 0.2) is 0 Å². The molecule has 2 N–H and O–H groups in total. The smallest absolute Gasteiger partial charge is 0.0757 e. The van der Waals surface area contributed by atoms with Crippen LogP contribution in [0.1, 0.15) is 38.4 Å². The molecular weight excluding hydrogens is 259 g/mol. The van der Waals surface area contributed by atoms with Crippen LogP contribution in [0.4, 0.5) is 0 Å². The van der Waals surface area contributed by atoms with Crippen molar-refractivity contribution in [1.29, 1.82) is 0 Å². The summed E-state index contributed by atoms with van der Waals surface area (Å²) in [6.07, 6.45) is 3.16.